The first kappa shape index (κ1) is 23.5. The molecule has 1 aromatic carbocycles. The van der Waals surface area contributed by atoms with Crippen molar-refractivity contribution in [2.24, 2.45) is 0 Å². The summed E-state index contributed by atoms with van der Waals surface area (Å²) in [6.45, 7) is 7.03. The summed E-state index contributed by atoms with van der Waals surface area (Å²) < 4.78 is 5.42. The van der Waals surface area contributed by atoms with Crippen LogP contribution in [0.25, 0.3) is 15.8 Å². The van der Waals surface area contributed by atoms with E-state index in [4.69, 9.17) is 4.74 Å². The molecule has 0 saturated heterocycles. The number of carbonyl (C=O) groups is 1. The van der Waals surface area contributed by atoms with Crippen molar-refractivity contribution < 1.29 is 9.53 Å². The third kappa shape index (κ3) is 7.19. The van der Waals surface area contributed by atoms with Crippen molar-refractivity contribution in [3.63, 3.8) is 0 Å². The number of esters is 1. The quantitative estimate of drug-likeness (QED) is 0.167. The molecule has 0 atom stereocenters. The van der Waals surface area contributed by atoms with Crippen LogP contribution in [0.4, 0.5) is 0 Å². The van der Waals surface area contributed by atoms with Crippen LogP contribution in [-0.2, 0) is 22.4 Å². The highest BCUT2D eigenvalue weighted by Crippen LogP contribution is 2.39. The third-order valence-corrected chi connectivity index (χ3v) is 7.67. The molecule has 2 heterocycles. The number of unbranched alkanes of at least 4 members (excludes halogenated alkanes) is 3. The lowest BCUT2D eigenvalue weighted by Crippen LogP contribution is -2.04. The van der Waals surface area contributed by atoms with Gasteiger partial charge in [0.1, 0.15) is 0 Å². The average Bonchev–Trinajstić information content (AvgIpc) is 3.32. The van der Waals surface area contributed by atoms with E-state index in [1.54, 1.807) is 6.08 Å². The summed E-state index contributed by atoms with van der Waals surface area (Å²) in [6, 6.07) is 14.5. The molecule has 164 valence electrons. The zero-order valence-electron chi connectivity index (χ0n) is 18.8. The predicted molar refractivity (Wildman–Crippen MR) is 135 cm³/mol. The van der Waals surface area contributed by atoms with Crippen LogP contribution in [0, 0.1) is 13.8 Å². The number of thiophene rings is 2. The second-order valence-electron chi connectivity index (χ2n) is 7.88. The van der Waals surface area contributed by atoms with Gasteiger partial charge in [-0.15, -0.1) is 22.7 Å². The second-order valence-corrected chi connectivity index (χ2v) is 10.4. The molecule has 4 heteroatoms. The Morgan fingerprint density at radius 3 is 2.55 bits per heavy atom. The van der Waals surface area contributed by atoms with Gasteiger partial charge in [0.05, 0.1) is 6.61 Å². The Labute approximate surface area is 194 Å². The average molecular weight is 453 g/mol. The molecular formula is C27H32O2S2. The van der Waals surface area contributed by atoms with Gasteiger partial charge >= 0.3 is 5.97 Å². The highest BCUT2D eigenvalue weighted by Gasteiger charge is 2.14. The van der Waals surface area contributed by atoms with Crippen molar-refractivity contribution >= 4 is 34.7 Å². The van der Waals surface area contributed by atoms with E-state index < -0.39 is 0 Å². The number of carbonyl (C=O) groups excluding carboxylic acids is 1. The van der Waals surface area contributed by atoms with Crippen LogP contribution in [0.1, 0.15) is 59.1 Å². The van der Waals surface area contributed by atoms with Gasteiger partial charge in [-0.3, -0.25) is 0 Å². The molecule has 2 aromatic heterocycles. The third-order valence-electron chi connectivity index (χ3n) is 5.30. The largest absolute Gasteiger partial charge is 0.462 e. The van der Waals surface area contributed by atoms with Gasteiger partial charge in [-0.1, -0.05) is 56.5 Å². The smallest absolute Gasteiger partial charge is 0.330 e. The van der Waals surface area contributed by atoms with Crippen LogP contribution >= 0.6 is 22.7 Å². The summed E-state index contributed by atoms with van der Waals surface area (Å²) in [5, 5.41) is 0. The van der Waals surface area contributed by atoms with Gasteiger partial charge < -0.3 is 4.74 Å². The zero-order valence-corrected chi connectivity index (χ0v) is 20.4. The maximum Gasteiger partial charge on any atom is 0.330 e. The molecule has 0 bridgehead atoms. The van der Waals surface area contributed by atoms with Gasteiger partial charge in [0, 0.05) is 32.0 Å². The Morgan fingerprint density at radius 2 is 1.77 bits per heavy atom. The molecular weight excluding hydrogens is 420 g/mol. The lowest BCUT2D eigenvalue weighted by Gasteiger charge is -2.02. The molecule has 3 aromatic rings. The first-order chi connectivity index (χ1) is 15.1. The number of ether oxygens (including phenoxy) is 1. The van der Waals surface area contributed by atoms with Crippen molar-refractivity contribution in [3.8, 4) is 9.75 Å². The van der Waals surface area contributed by atoms with E-state index in [0.29, 0.717) is 6.61 Å². The summed E-state index contributed by atoms with van der Waals surface area (Å²) in [5.74, 6) is -0.291. The van der Waals surface area contributed by atoms with E-state index >= 15 is 0 Å². The summed E-state index contributed by atoms with van der Waals surface area (Å²) >= 11 is 3.76. The fourth-order valence-electron chi connectivity index (χ4n) is 3.62. The van der Waals surface area contributed by atoms with Crippen LogP contribution < -0.4 is 0 Å². The lowest BCUT2D eigenvalue weighted by atomic mass is 10.1. The summed E-state index contributed by atoms with van der Waals surface area (Å²) in [5.41, 5.74) is 3.77. The minimum atomic E-state index is -0.291. The van der Waals surface area contributed by atoms with E-state index in [-0.39, 0.29) is 5.97 Å². The van der Waals surface area contributed by atoms with Crippen LogP contribution in [0.15, 0.2) is 48.5 Å². The van der Waals surface area contributed by atoms with Gasteiger partial charge in [-0.25, -0.2) is 4.79 Å². The number of aryl methyl sites for hydroxylation is 3. The molecule has 0 saturated carbocycles. The predicted octanol–water partition coefficient (Wildman–Crippen LogP) is 8.02. The number of rotatable bonds is 11. The first-order valence-corrected chi connectivity index (χ1v) is 12.8. The fourth-order valence-corrected chi connectivity index (χ4v) is 5.89. The molecule has 31 heavy (non-hydrogen) atoms. The van der Waals surface area contributed by atoms with E-state index in [1.807, 2.05) is 53.0 Å². The molecule has 0 N–H and O–H groups in total. The Balaban J connectivity index is 1.56. The minimum Gasteiger partial charge on any atom is -0.462 e. The van der Waals surface area contributed by atoms with Crippen molar-refractivity contribution in [2.75, 3.05) is 6.61 Å². The Kier molecular flexibility index (Phi) is 9.11. The maximum absolute atomic E-state index is 12.0. The van der Waals surface area contributed by atoms with Crippen molar-refractivity contribution in [2.45, 2.75) is 59.3 Å². The monoisotopic (exact) mass is 452 g/mol. The molecule has 0 unspecified atom stereocenters. The van der Waals surface area contributed by atoms with Crippen molar-refractivity contribution in [3.05, 3.63) is 75.0 Å². The van der Waals surface area contributed by atoms with Gasteiger partial charge in [-0.05, 0) is 61.6 Å². The SMILES string of the molecule is CCCCCCc1cc(C)sc1-c1cc(CCOC(=O)C=Cc2ccccc2)c(C)s1. The lowest BCUT2D eigenvalue weighted by molar-refractivity contribution is -0.137. The van der Waals surface area contributed by atoms with Crippen LogP contribution in [0.5, 0.6) is 0 Å². The number of hydrogen-bond donors (Lipinski definition) is 0. The second kappa shape index (κ2) is 12.0. The normalized spacial score (nSPS) is 11.3. The molecule has 0 radical (unpaired) electrons. The molecule has 2 nitrogen and oxygen atoms in total. The standard InChI is InChI=1S/C27H32O2S2/c1-4-5-6-10-13-24-18-20(2)30-27(24)25-19-23(21(3)31-25)16-17-29-26(28)15-14-22-11-8-7-9-12-22/h7-9,11-12,14-15,18-19H,4-6,10,13,16-17H2,1-3H3. The van der Waals surface area contributed by atoms with Gasteiger partial charge in [0.2, 0.25) is 0 Å². The molecule has 3 rings (SSSR count). The zero-order chi connectivity index (χ0) is 22.1. The van der Waals surface area contributed by atoms with Crippen molar-refractivity contribution in [1.82, 2.24) is 0 Å². The van der Waals surface area contributed by atoms with E-state index in [9.17, 15) is 4.79 Å². The molecule has 0 amide bonds. The summed E-state index contributed by atoms with van der Waals surface area (Å²) in [6.07, 6.45) is 10.4. The summed E-state index contributed by atoms with van der Waals surface area (Å²) in [4.78, 5) is 17.5. The highest BCUT2D eigenvalue weighted by molar-refractivity contribution is 7.22. The van der Waals surface area contributed by atoms with Gasteiger partial charge in [0.25, 0.3) is 0 Å². The summed E-state index contributed by atoms with van der Waals surface area (Å²) in [7, 11) is 0. The Morgan fingerprint density at radius 1 is 0.968 bits per heavy atom. The van der Waals surface area contributed by atoms with Crippen LogP contribution in [-0.4, -0.2) is 12.6 Å². The number of benzene rings is 1. The van der Waals surface area contributed by atoms with Crippen LogP contribution in [0.2, 0.25) is 0 Å². The minimum absolute atomic E-state index is 0.291. The van der Waals surface area contributed by atoms with E-state index in [0.717, 1.165) is 18.4 Å². The number of hydrogen-bond acceptors (Lipinski definition) is 4. The fraction of sp³-hybridized carbons (Fsp3) is 0.370. The molecule has 0 fully saturated rings. The molecule has 0 spiro atoms. The highest BCUT2D eigenvalue weighted by atomic mass is 32.1. The Bertz CT molecular complexity index is 996. The molecule has 0 aliphatic carbocycles. The Hall–Kier alpha value is -2.17. The van der Waals surface area contributed by atoms with Gasteiger partial charge in [0.15, 0.2) is 0 Å². The maximum atomic E-state index is 12.0. The molecule has 0 aliphatic heterocycles. The van der Waals surface area contributed by atoms with E-state index in [2.05, 4.69) is 32.9 Å². The molecule has 0 aliphatic rings. The van der Waals surface area contributed by atoms with Crippen molar-refractivity contribution in [1.29, 1.82) is 0 Å². The first-order valence-electron chi connectivity index (χ1n) is 11.2. The van der Waals surface area contributed by atoms with E-state index in [1.165, 1.54) is 62.4 Å². The van der Waals surface area contributed by atoms with Crippen LogP contribution in [0.3, 0.4) is 0 Å². The van der Waals surface area contributed by atoms with Gasteiger partial charge in [-0.2, -0.15) is 0 Å². The topological polar surface area (TPSA) is 26.3 Å².